The second kappa shape index (κ2) is 7.31. The van der Waals surface area contributed by atoms with Crippen LogP contribution in [0.4, 0.5) is 0 Å². The third-order valence-electron chi connectivity index (χ3n) is 4.18. The molecule has 0 saturated heterocycles. The van der Waals surface area contributed by atoms with Crippen molar-refractivity contribution in [3.8, 4) is 12.3 Å². The van der Waals surface area contributed by atoms with E-state index in [1.165, 1.54) is 0 Å². The first-order chi connectivity index (χ1) is 9.71. The fourth-order valence-electron chi connectivity index (χ4n) is 2.33. The molecule has 1 aromatic carbocycles. The second-order valence-corrected chi connectivity index (χ2v) is 7.76. The Morgan fingerprint density at radius 2 is 1.95 bits per heavy atom. The number of aliphatic carboxylic acids is 1. The fraction of sp³-hybridized carbons (Fsp3) is 0.500. The van der Waals surface area contributed by atoms with Gasteiger partial charge in [-0.3, -0.25) is 4.79 Å². The predicted octanol–water partition coefficient (Wildman–Crippen LogP) is 4.85. The van der Waals surface area contributed by atoms with Crippen LogP contribution in [0.5, 0.6) is 0 Å². The molecule has 2 nitrogen and oxygen atoms in total. The van der Waals surface area contributed by atoms with Gasteiger partial charge in [0.15, 0.2) is 0 Å². The molecule has 1 rings (SSSR count). The SMILES string of the molecule is C#CCCC(C)(C)CCC(C)(C(=O)O)c1cccc(I)c1. The van der Waals surface area contributed by atoms with Gasteiger partial charge in [-0.1, -0.05) is 26.0 Å². The Kier molecular flexibility index (Phi) is 6.27. The Hall–Kier alpha value is -1.02. The highest BCUT2D eigenvalue weighted by Gasteiger charge is 2.36. The number of hydrogen-bond acceptors (Lipinski definition) is 1. The summed E-state index contributed by atoms with van der Waals surface area (Å²) in [6.45, 7) is 6.13. The summed E-state index contributed by atoms with van der Waals surface area (Å²) in [6.07, 6.45) is 8.43. The van der Waals surface area contributed by atoms with Gasteiger partial charge < -0.3 is 5.11 Å². The monoisotopic (exact) mass is 398 g/mol. The Morgan fingerprint density at radius 1 is 1.29 bits per heavy atom. The molecule has 0 bridgehead atoms. The van der Waals surface area contributed by atoms with Gasteiger partial charge in [0.2, 0.25) is 0 Å². The third kappa shape index (κ3) is 5.03. The molecule has 0 aromatic heterocycles. The highest BCUT2D eigenvalue weighted by atomic mass is 127. The van der Waals surface area contributed by atoms with E-state index in [-0.39, 0.29) is 5.41 Å². The maximum absolute atomic E-state index is 11.8. The summed E-state index contributed by atoms with van der Waals surface area (Å²) in [5.41, 5.74) is 0.0780. The van der Waals surface area contributed by atoms with E-state index in [0.717, 1.165) is 28.4 Å². The quantitative estimate of drug-likeness (QED) is 0.527. The van der Waals surface area contributed by atoms with E-state index in [1.807, 2.05) is 31.2 Å². The van der Waals surface area contributed by atoms with Gasteiger partial charge in [-0.2, -0.15) is 0 Å². The van der Waals surface area contributed by atoms with E-state index < -0.39 is 11.4 Å². The van der Waals surface area contributed by atoms with Gasteiger partial charge in [0, 0.05) is 9.99 Å². The highest BCUT2D eigenvalue weighted by Crippen LogP contribution is 2.37. The van der Waals surface area contributed by atoms with Crippen molar-refractivity contribution in [2.75, 3.05) is 0 Å². The van der Waals surface area contributed by atoms with Crippen molar-refractivity contribution in [2.24, 2.45) is 5.41 Å². The van der Waals surface area contributed by atoms with Gasteiger partial charge >= 0.3 is 5.97 Å². The first-order valence-corrected chi connectivity index (χ1v) is 8.22. The van der Waals surface area contributed by atoms with Crippen LogP contribution in [0.2, 0.25) is 0 Å². The molecular weight excluding hydrogens is 375 g/mol. The molecule has 1 aromatic rings. The third-order valence-corrected chi connectivity index (χ3v) is 4.85. The number of terminal acetylenes is 1. The molecule has 0 aliphatic heterocycles. The van der Waals surface area contributed by atoms with Gasteiger partial charge in [-0.05, 0) is 71.9 Å². The molecule has 1 N–H and O–H groups in total. The molecule has 1 unspecified atom stereocenters. The summed E-state index contributed by atoms with van der Waals surface area (Å²) in [5, 5.41) is 9.71. The van der Waals surface area contributed by atoms with Crippen molar-refractivity contribution in [3.63, 3.8) is 0 Å². The van der Waals surface area contributed by atoms with Gasteiger partial charge in [0.05, 0.1) is 5.41 Å². The molecule has 1 atom stereocenters. The largest absolute Gasteiger partial charge is 0.481 e. The van der Waals surface area contributed by atoms with Gasteiger partial charge in [-0.25, -0.2) is 0 Å². The van der Waals surface area contributed by atoms with E-state index in [4.69, 9.17) is 6.42 Å². The zero-order chi connectivity index (χ0) is 16.1. The maximum atomic E-state index is 11.8. The molecule has 0 fully saturated rings. The molecule has 0 aliphatic carbocycles. The summed E-state index contributed by atoms with van der Waals surface area (Å²) >= 11 is 2.22. The molecule has 0 aliphatic rings. The Labute approximate surface area is 141 Å². The normalized spacial score (nSPS) is 14.2. The van der Waals surface area contributed by atoms with Gasteiger partial charge in [-0.15, -0.1) is 12.3 Å². The minimum atomic E-state index is -0.853. The number of rotatable bonds is 7. The van der Waals surface area contributed by atoms with Crippen LogP contribution in [-0.4, -0.2) is 11.1 Å². The van der Waals surface area contributed by atoms with Crippen molar-refractivity contribution in [3.05, 3.63) is 33.4 Å². The average Bonchev–Trinajstić information content (AvgIpc) is 2.42. The maximum Gasteiger partial charge on any atom is 0.313 e. The Bertz CT molecular complexity index is 542. The lowest BCUT2D eigenvalue weighted by Gasteiger charge is -2.31. The number of carbonyl (C=O) groups is 1. The topological polar surface area (TPSA) is 37.3 Å². The van der Waals surface area contributed by atoms with Gasteiger partial charge in [0.1, 0.15) is 0 Å². The van der Waals surface area contributed by atoms with Gasteiger partial charge in [0.25, 0.3) is 0 Å². The minimum absolute atomic E-state index is 0.0605. The summed E-state index contributed by atoms with van der Waals surface area (Å²) < 4.78 is 1.06. The van der Waals surface area contributed by atoms with Crippen LogP contribution >= 0.6 is 22.6 Å². The lowest BCUT2D eigenvalue weighted by Crippen LogP contribution is -2.34. The summed E-state index contributed by atoms with van der Waals surface area (Å²) in [6, 6.07) is 7.76. The molecule has 3 heteroatoms. The van der Waals surface area contributed by atoms with Crippen LogP contribution in [0.15, 0.2) is 24.3 Å². The van der Waals surface area contributed by atoms with Crippen molar-refractivity contribution in [2.45, 2.75) is 51.9 Å². The van der Waals surface area contributed by atoms with Crippen LogP contribution in [-0.2, 0) is 10.2 Å². The van der Waals surface area contributed by atoms with Crippen molar-refractivity contribution in [1.82, 2.24) is 0 Å². The zero-order valence-corrected chi connectivity index (χ0v) is 15.1. The number of benzene rings is 1. The molecule has 0 heterocycles. The molecule has 114 valence electrons. The molecule has 0 radical (unpaired) electrons. The second-order valence-electron chi connectivity index (χ2n) is 6.52. The Morgan fingerprint density at radius 3 is 2.48 bits per heavy atom. The standard InChI is InChI=1S/C18H23IO2/c1-5-6-10-17(2,3)11-12-18(4,16(20)21)14-8-7-9-15(19)13-14/h1,7-9,13H,6,10-12H2,2-4H3,(H,20,21). The number of carboxylic acid groups (broad SMARTS) is 1. The van der Waals surface area contributed by atoms with Crippen LogP contribution in [0.3, 0.4) is 0 Å². The Balaban J connectivity index is 2.93. The molecule has 0 spiro atoms. The minimum Gasteiger partial charge on any atom is -0.481 e. The summed E-state index contributed by atoms with van der Waals surface area (Å²) in [5.74, 6) is 1.90. The fourth-order valence-corrected chi connectivity index (χ4v) is 2.87. The molecular formula is C18H23IO2. The molecule has 21 heavy (non-hydrogen) atoms. The van der Waals surface area contributed by atoms with E-state index in [9.17, 15) is 9.90 Å². The summed E-state index contributed by atoms with van der Waals surface area (Å²) in [7, 11) is 0. The number of carboxylic acids is 1. The average molecular weight is 398 g/mol. The van der Waals surface area contributed by atoms with Crippen molar-refractivity contribution >= 4 is 28.6 Å². The first-order valence-electron chi connectivity index (χ1n) is 7.14. The molecule has 0 amide bonds. The highest BCUT2D eigenvalue weighted by molar-refractivity contribution is 14.1. The van der Waals surface area contributed by atoms with E-state index >= 15 is 0 Å². The van der Waals surface area contributed by atoms with Crippen molar-refractivity contribution in [1.29, 1.82) is 0 Å². The number of halogens is 1. The zero-order valence-electron chi connectivity index (χ0n) is 12.9. The van der Waals surface area contributed by atoms with Crippen LogP contribution in [0.1, 0.15) is 52.0 Å². The lowest BCUT2D eigenvalue weighted by atomic mass is 9.73. The lowest BCUT2D eigenvalue weighted by molar-refractivity contribution is -0.143. The predicted molar refractivity (Wildman–Crippen MR) is 95.2 cm³/mol. The molecule has 0 saturated carbocycles. The van der Waals surface area contributed by atoms with Crippen LogP contribution < -0.4 is 0 Å². The van der Waals surface area contributed by atoms with E-state index in [2.05, 4.69) is 42.4 Å². The summed E-state index contributed by atoms with van der Waals surface area (Å²) in [4.78, 5) is 11.8. The smallest absolute Gasteiger partial charge is 0.313 e. The van der Waals surface area contributed by atoms with Crippen LogP contribution in [0, 0.1) is 21.3 Å². The van der Waals surface area contributed by atoms with E-state index in [1.54, 1.807) is 0 Å². The number of hydrogen-bond donors (Lipinski definition) is 1. The van der Waals surface area contributed by atoms with Crippen LogP contribution in [0.25, 0.3) is 0 Å². The van der Waals surface area contributed by atoms with Crippen molar-refractivity contribution < 1.29 is 9.90 Å². The van der Waals surface area contributed by atoms with E-state index in [0.29, 0.717) is 6.42 Å². The first kappa shape index (κ1) is 18.0.